The van der Waals surface area contributed by atoms with Crippen molar-refractivity contribution in [2.45, 2.75) is 32.9 Å². The minimum Gasteiger partial charge on any atom is -0.496 e. The number of nitrogens with one attached hydrogen (secondary N) is 1. The van der Waals surface area contributed by atoms with Crippen LogP contribution in [-0.2, 0) is 6.54 Å². The predicted octanol–water partition coefficient (Wildman–Crippen LogP) is 1.57. The van der Waals surface area contributed by atoms with Crippen molar-refractivity contribution in [2.75, 3.05) is 20.3 Å². The standard InChI is InChI=1S/C15H25N3O2/c1-11(2)18(7-4-8-19)10-13-9-12(15(16)17)5-6-14(13)20-3/h5-6,9,11,19H,4,7-8,10H2,1-3H3,(H3,16,17). The Bertz CT molecular complexity index is 447. The molecule has 0 aliphatic rings. The summed E-state index contributed by atoms with van der Waals surface area (Å²) in [5.74, 6) is 0.852. The van der Waals surface area contributed by atoms with Gasteiger partial charge < -0.3 is 15.6 Å². The molecule has 1 aromatic carbocycles. The Kier molecular flexibility index (Phi) is 6.48. The van der Waals surface area contributed by atoms with Gasteiger partial charge in [0.1, 0.15) is 11.6 Å². The Morgan fingerprint density at radius 3 is 2.65 bits per heavy atom. The van der Waals surface area contributed by atoms with Gasteiger partial charge >= 0.3 is 0 Å². The summed E-state index contributed by atoms with van der Waals surface area (Å²) in [6, 6.07) is 5.90. The third-order valence-electron chi connectivity index (χ3n) is 3.30. The molecule has 4 N–H and O–H groups in total. The number of hydrogen-bond acceptors (Lipinski definition) is 4. The lowest BCUT2D eigenvalue weighted by molar-refractivity contribution is 0.183. The molecule has 0 fully saturated rings. The summed E-state index contributed by atoms with van der Waals surface area (Å²) in [7, 11) is 1.64. The highest BCUT2D eigenvalue weighted by molar-refractivity contribution is 5.95. The molecule has 0 saturated carbocycles. The van der Waals surface area contributed by atoms with E-state index in [0.29, 0.717) is 18.2 Å². The Labute approximate surface area is 120 Å². The minimum atomic E-state index is 0.0559. The van der Waals surface area contributed by atoms with E-state index in [-0.39, 0.29) is 12.4 Å². The molecular formula is C15H25N3O2. The molecule has 1 aromatic rings. The number of nitrogens with two attached hydrogens (primary N) is 1. The fourth-order valence-corrected chi connectivity index (χ4v) is 2.08. The zero-order chi connectivity index (χ0) is 15.1. The first-order valence-electron chi connectivity index (χ1n) is 6.85. The Hall–Kier alpha value is -1.59. The summed E-state index contributed by atoms with van der Waals surface area (Å²) in [4.78, 5) is 2.26. The van der Waals surface area contributed by atoms with Gasteiger partial charge in [-0.05, 0) is 38.5 Å². The van der Waals surface area contributed by atoms with Crippen LogP contribution in [0.5, 0.6) is 5.75 Å². The highest BCUT2D eigenvalue weighted by Crippen LogP contribution is 2.22. The van der Waals surface area contributed by atoms with Gasteiger partial charge in [-0.3, -0.25) is 10.3 Å². The molecule has 0 spiro atoms. The van der Waals surface area contributed by atoms with E-state index in [9.17, 15) is 0 Å². The van der Waals surface area contributed by atoms with Gasteiger partial charge in [0.2, 0.25) is 0 Å². The molecular weight excluding hydrogens is 254 g/mol. The van der Waals surface area contributed by atoms with E-state index in [1.54, 1.807) is 13.2 Å². The van der Waals surface area contributed by atoms with Gasteiger partial charge in [-0.2, -0.15) is 0 Å². The van der Waals surface area contributed by atoms with Crippen molar-refractivity contribution in [1.82, 2.24) is 4.90 Å². The van der Waals surface area contributed by atoms with E-state index in [0.717, 1.165) is 24.3 Å². The second-order valence-electron chi connectivity index (χ2n) is 5.08. The smallest absolute Gasteiger partial charge is 0.123 e. The zero-order valence-electron chi connectivity index (χ0n) is 12.5. The van der Waals surface area contributed by atoms with Crippen LogP contribution in [0.2, 0.25) is 0 Å². The Balaban J connectivity index is 2.96. The molecule has 0 unspecified atom stereocenters. The quantitative estimate of drug-likeness (QED) is 0.498. The van der Waals surface area contributed by atoms with Crippen LogP contribution in [0.1, 0.15) is 31.4 Å². The van der Waals surface area contributed by atoms with Gasteiger partial charge in [-0.25, -0.2) is 0 Å². The molecule has 20 heavy (non-hydrogen) atoms. The van der Waals surface area contributed by atoms with Crippen LogP contribution in [0, 0.1) is 5.41 Å². The fraction of sp³-hybridized carbons (Fsp3) is 0.533. The average Bonchev–Trinajstić information content (AvgIpc) is 2.42. The highest BCUT2D eigenvalue weighted by Gasteiger charge is 2.14. The van der Waals surface area contributed by atoms with Crippen LogP contribution in [0.4, 0.5) is 0 Å². The zero-order valence-corrected chi connectivity index (χ0v) is 12.5. The molecule has 1 rings (SSSR count). The van der Waals surface area contributed by atoms with Gasteiger partial charge in [-0.15, -0.1) is 0 Å². The largest absolute Gasteiger partial charge is 0.496 e. The Morgan fingerprint density at radius 2 is 2.15 bits per heavy atom. The van der Waals surface area contributed by atoms with Crippen molar-refractivity contribution in [1.29, 1.82) is 5.41 Å². The summed E-state index contributed by atoms with van der Waals surface area (Å²) in [6.07, 6.45) is 0.743. The van der Waals surface area contributed by atoms with Crippen molar-refractivity contribution in [3.05, 3.63) is 29.3 Å². The lowest BCUT2D eigenvalue weighted by atomic mass is 10.1. The van der Waals surface area contributed by atoms with Crippen molar-refractivity contribution >= 4 is 5.84 Å². The number of aliphatic hydroxyl groups is 1. The van der Waals surface area contributed by atoms with Gasteiger partial charge in [0.25, 0.3) is 0 Å². The second kappa shape index (κ2) is 7.87. The number of rotatable bonds is 8. The molecule has 0 aliphatic carbocycles. The van der Waals surface area contributed by atoms with E-state index >= 15 is 0 Å². The van der Waals surface area contributed by atoms with Crippen LogP contribution < -0.4 is 10.5 Å². The number of amidine groups is 1. The number of benzene rings is 1. The number of nitrogen functional groups attached to an aromatic ring is 1. The van der Waals surface area contributed by atoms with Gasteiger partial charge in [0.15, 0.2) is 0 Å². The predicted molar refractivity (Wildman–Crippen MR) is 81.3 cm³/mol. The topological polar surface area (TPSA) is 82.6 Å². The van der Waals surface area contributed by atoms with E-state index < -0.39 is 0 Å². The lowest BCUT2D eigenvalue weighted by Crippen LogP contribution is -2.32. The summed E-state index contributed by atoms with van der Waals surface area (Å²) < 4.78 is 5.38. The maximum atomic E-state index is 8.98. The van der Waals surface area contributed by atoms with Crippen LogP contribution >= 0.6 is 0 Å². The molecule has 112 valence electrons. The number of hydrogen-bond donors (Lipinski definition) is 3. The van der Waals surface area contributed by atoms with Crippen molar-refractivity contribution in [2.24, 2.45) is 5.73 Å². The molecule has 0 radical (unpaired) electrons. The maximum Gasteiger partial charge on any atom is 0.123 e. The first-order chi connectivity index (χ1) is 9.49. The third kappa shape index (κ3) is 4.51. The number of nitrogens with zero attached hydrogens (tertiary/aromatic N) is 1. The fourth-order valence-electron chi connectivity index (χ4n) is 2.08. The third-order valence-corrected chi connectivity index (χ3v) is 3.30. The Morgan fingerprint density at radius 1 is 1.45 bits per heavy atom. The molecule has 0 amide bonds. The molecule has 0 aromatic heterocycles. The molecule has 5 heteroatoms. The molecule has 0 bridgehead atoms. The van der Waals surface area contributed by atoms with Crippen molar-refractivity contribution in [3.63, 3.8) is 0 Å². The first-order valence-corrected chi connectivity index (χ1v) is 6.85. The lowest BCUT2D eigenvalue weighted by Gasteiger charge is -2.27. The molecule has 0 saturated heterocycles. The normalized spacial score (nSPS) is 11.1. The minimum absolute atomic E-state index is 0.0559. The van der Waals surface area contributed by atoms with Crippen LogP contribution in [-0.4, -0.2) is 42.1 Å². The molecule has 0 aliphatic heterocycles. The van der Waals surface area contributed by atoms with E-state index in [4.69, 9.17) is 21.0 Å². The number of ether oxygens (including phenoxy) is 1. The highest BCUT2D eigenvalue weighted by atomic mass is 16.5. The van der Waals surface area contributed by atoms with Gasteiger partial charge in [0, 0.05) is 36.9 Å². The number of aliphatic hydroxyl groups excluding tert-OH is 1. The summed E-state index contributed by atoms with van der Waals surface area (Å²) in [5.41, 5.74) is 7.25. The van der Waals surface area contributed by atoms with Crippen LogP contribution in [0.25, 0.3) is 0 Å². The first kappa shape index (κ1) is 16.5. The van der Waals surface area contributed by atoms with E-state index in [1.165, 1.54) is 0 Å². The van der Waals surface area contributed by atoms with Gasteiger partial charge in [0.05, 0.1) is 7.11 Å². The van der Waals surface area contributed by atoms with E-state index in [1.807, 2.05) is 12.1 Å². The molecule has 0 heterocycles. The maximum absolute atomic E-state index is 8.98. The number of methoxy groups -OCH3 is 1. The summed E-state index contributed by atoms with van der Waals surface area (Å²) in [6.45, 7) is 5.97. The summed E-state index contributed by atoms with van der Waals surface area (Å²) in [5, 5.41) is 16.5. The average molecular weight is 279 g/mol. The summed E-state index contributed by atoms with van der Waals surface area (Å²) >= 11 is 0. The van der Waals surface area contributed by atoms with E-state index in [2.05, 4.69) is 18.7 Å². The SMILES string of the molecule is COc1ccc(C(=N)N)cc1CN(CCCO)C(C)C. The monoisotopic (exact) mass is 279 g/mol. The van der Waals surface area contributed by atoms with Crippen molar-refractivity contribution < 1.29 is 9.84 Å². The van der Waals surface area contributed by atoms with Crippen molar-refractivity contribution in [3.8, 4) is 5.75 Å². The van der Waals surface area contributed by atoms with Crippen LogP contribution in [0.15, 0.2) is 18.2 Å². The second-order valence-corrected chi connectivity index (χ2v) is 5.08. The van der Waals surface area contributed by atoms with Crippen LogP contribution in [0.3, 0.4) is 0 Å². The molecule has 0 atom stereocenters. The molecule has 5 nitrogen and oxygen atoms in total. The van der Waals surface area contributed by atoms with Gasteiger partial charge in [-0.1, -0.05) is 0 Å².